The molecule has 33 heavy (non-hydrogen) atoms. The van der Waals surface area contributed by atoms with Crippen molar-refractivity contribution in [2.45, 2.75) is 71.8 Å². The summed E-state index contributed by atoms with van der Waals surface area (Å²) in [6.07, 6.45) is 17.0. The Labute approximate surface area is 200 Å². The molecule has 0 aliphatic carbocycles. The summed E-state index contributed by atoms with van der Waals surface area (Å²) in [6.45, 7) is 7.50. The molecule has 0 radical (unpaired) electrons. The summed E-state index contributed by atoms with van der Waals surface area (Å²) in [6, 6.07) is 13.0. The third kappa shape index (κ3) is 11.5. The smallest absolute Gasteiger partial charge is 0.264 e. The summed E-state index contributed by atoms with van der Waals surface area (Å²) in [5, 5.41) is 0. The monoisotopic (exact) mass is 473 g/mol. The van der Waals surface area contributed by atoms with Crippen LogP contribution >= 0.6 is 0 Å². The SMILES string of the molecule is CCCCCN(CCCCC)c1ccc(C=Cc2cc[n+](CCCCS(=O)(=O)O)cc2)cc1. The summed E-state index contributed by atoms with van der Waals surface area (Å²) >= 11 is 0. The van der Waals surface area contributed by atoms with Crippen LogP contribution in [0.4, 0.5) is 5.69 Å². The topological polar surface area (TPSA) is 61.5 Å². The minimum atomic E-state index is -3.86. The molecule has 1 heterocycles. The van der Waals surface area contributed by atoms with Gasteiger partial charge in [0.15, 0.2) is 12.4 Å². The molecule has 1 aromatic carbocycles. The van der Waals surface area contributed by atoms with Crippen molar-refractivity contribution < 1.29 is 17.5 Å². The van der Waals surface area contributed by atoms with E-state index in [1.807, 2.05) is 17.0 Å². The maximum Gasteiger partial charge on any atom is 0.264 e. The molecule has 0 aliphatic rings. The van der Waals surface area contributed by atoms with Gasteiger partial charge in [-0.1, -0.05) is 63.8 Å². The third-order valence-electron chi connectivity index (χ3n) is 5.78. The summed E-state index contributed by atoms with van der Waals surface area (Å²) in [4.78, 5) is 2.53. The van der Waals surface area contributed by atoms with Crippen molar-refractivity contribution >= 4 is 28.0 Å². The average Bonchev–Trinajstić information content (AvgIpc) is 2.80. The highest BCUT2D eigenvalue weighted by Crippen LogP contribution is 2.19. The number of pyridine rings is 1. The number of unbranched alkanes of at least 4 members (excludes halogenated alkanes) is 5. The van der Waals surface area contributed by atoms with Crippen LogP contribution < -0.4 is 9.47 Å². The molecule has 0 unspecified atom stereocenters. The zero-order valence-corrected chi connectivity index (χ0v) is 21.1. The van der Waals surface area contributed by atoms with Gasteiger partial charge >= 0.3 is 0 Å². The molecule has 1 aromatic heterocycles. The number of rotatable bonds is 16. The lowest BCUT2D eigenvalue weighted by atomic mass is 10.1. The molecule has 0 aliphatic heterocycles. The molecule has 0 spiro atoms. The Bertz CT molecular complexity index is 913. The first-order chi connectivity index (χ1) is 15.9. The van der Waals surface area contributed by atoms with E-state index in [2.05, 4.69) is 67.3 Å². The first-order valence-electron chi connectivity index (χ1n) is 12.4. The molecule has 182 valence electrons. The van der Waals surface area contributed by atoms with Crippen molar-refractivity contribution in [2.75, 3.05) is 23.7 Å². The fourth-order valence-corrected chi connectivity index (χ4v) is 4.34. The Morgan fingerprint density at radius 1 is 0.788 bits per heavy atom. The fraction of sp³-hybridized carbons (Fsp3) is 0.519. The Kier molecular flexibility index (Phi) is 12.2. The molecule has 0 atom stereocenters. The van der Waals surface area contributed by atoms with E-state index in [-0.39, 0.29) is 5.75 Å². The Balaban J connectivity index is 1.89. The van der Waals surface area contributed by atoms with E-state index in [4.69, 9.17) is 4.55 Å². The number of hydrogen-bond acceptors (Lipinski definition) is 3. The van der Waals surface area contributed by atoms with Gasteiger partial charge in [0.2, 0.25) is 0 Å². The predicted octanol–water partition coefficient (Wildman–Crippen LogP) is 6.00. The summed E-state index contributed by atoms with van der Waals surface area (Å²) < 4.78 is 32.4. The van der Waals surface area contributed by atoms with Crippen LogP contribution in [-0.2, 0) is 16.7 Å². The highest BCUT2D eigenvalue weighted by molar-refractivity contribution is 7.85. The molecule has 2 rings (SSSR count). The van der Waals surface area contributed by atoms with Crippen molar-refractivity contribution in [1.29, 1.82) is 0 Å². The van der Waals surface area contributed by atoms with Gasteiger partial charge in [-0.3, -0.25) is 4.55 Å². The summed E-state index contributed by atoms with van der Waals surface area (Å²) in [5.41, 5.74) is 3.62. The van der Waals surface area contributed by atoms with E-state index in [1.165, 1.54) is 49.8 Å². The third-order valence-corrected chi connectivity index (χ3v) is 6.58. The van der Waals surface area contributed by atoms with Crippen molar-refractivity contribution in [3.63, 3.8) is 0 Å². The summed E-state index contributed by atoms with van der Waals surface area (Å²) in [5.74, 6) is -0.178. The van der Waals surface area contributed by atoms with Crippen LogP contribution in [-0.4, -0.2) is 31.8 Å². The molecule has 0 fully saturated rings. The lowest BCUT2D eigenvalue weighted by Crippen LogP contribution is -2.32. The minimum absolute atomic E-state index is 0.178. The first kappa shape index (κ1) is 27.1. The molecule has 0 amide bonds. The van der Waals surface area contributed by atoms with Crippen LogP contribution in [0.3, 0.4) is 0 Å². The van der Waals surface area contributed by atoms with Gasteiger partial charge in [0, 0.05) is 37.3 Å². The zero-order chi connectivity index (χ0) is 23.9. The van der Waals surface area contributed by atoms with Gasteiger partial charge in [0.25, 0.3) is 10.1 Å². The van der Waals surface area contributed by atoms with Crippen LogP contribution in [0.1, 0.15) is 76.3 Å². The number of aromatic nitrogens is 1. The molecule has 1 N–H and O–H groups in total. The molecular formula is C27H41N2O3S+. The van der Waals surface area contributed by atoms with Gasteiger partial charge in [-0.05, 0) is 42.5 Å². The average molecular weight is 474 g/mol. The van der Waals surface area contributed by atoms with E-state index in [0.29, 0.717) is 12.8 Å². The number of aryl methyl sites for hydroxylation is 1. The molecule has 0 saturated heterocycles. The Morgan fingerprint density at radius 3 is 1.85 bits per heavy atom. The highest BCUT2D eigenvalue weighted by atomic mass is 32.2. The van der Waals surface area contributed by atoms with Gasteiger partial charge in [0.05, 0.1) is 5.75 Å². The second kappa shape index (κ2) is 14.9. The largest absolute Gasteiger partial charge is 0.372 e. The molecular weight excluding hydrogens is 432 g/mol. The van der Waals surface area contributed by atoms with Gasteiger partial charge in [-0.2, -0.15) is 8.42 Å². The van der Waals surface area contributed by atoms with Crippen molar-refractivity contribution in [2.24, 2.45) is 0 Å². The molecule has 2 aromatic rings. The first-order valence-corrected chi connectivity index (χ1v) is 14.0. The number of hydrogen-bond donors (Lipinski definition) is 1. The number of anilines is 1. The second-order valence-electron chi connectivity index (χ2n) is 8.69. The fourth-order valence-electron chi connectivity index (χ4n) is 3.77. The van der Waals surface area contributed by atoms with E-state index >= 15 is 0 Å². The van der Waals surface area contributed by atoms with Crippen LogP contribution in [0.25, 0.3) is 12.2 Å². The quantitative estimate of drug-likeness (QED) is 0.185. The van der Waals surface area contributed by atoms with E-state index in [0.717, 1.165) is 25.2 Å². The van der Waals surface area contributed by atoms with Gasteiger partial charge in [0.1, 0.15) is 6.54 Å². The molecule has 0 bridgehead atoms. The summed E-state index contributed by atoms with van der Waals surface area (Å²) in [7, 11) is -3.86. The predicted molar refractivity (Wildman–Crippen MR) is 139 cm³/mol. The molecule has 5 nitrogen and oxygen atoms in total. The van der Waals surface area contributed by atoms with Crippen LogP contribution in [0, 0.1) is 0 Å². The lowest BCUT2D eigenvalue weighted by molar-refractivity contribution is -0.697. The van der Waals surface area contributed by atoms with Gasteiger partial charge < -0.3 is 4.90 Å². The normalized spacial score (nSPS) is 11.8. The zero-order valence-electron chi connectivity index (χ0n) is 20.3. The number of benzene rings is 1. The van der Waals surface area contributed by atoms with Crippen molar-refractivity contribution in [3.8, 4) is 0 Å². The lowest BCUT2D eigenvalue weighted by Gasteiger charge is -2.25. The van der Waals surface area contributed by atoms with E-state index in [1.54, 1.807) is 0 Å². The maximum absolute atomic E-state index is 10.8. The minimum Gasteiger partial charge on any atom is -0.372 e. The second-order valence-corrected chi connectivity index (χ2v) is 10.3. The van der Waals surface area contributed by atoms with E-state index in [9.17, 15) is 8.42 Å². The highest BCUT2D eigenvalue weighted by Gasteiger charge is 2.07. The van der Waals surface area contributed by atoms with Gasteiger partial charge in [-0.25, -0.2) is 4.57 Å². The van der Waals surface area contributed by atoms with E-state index < -0.39 is 10.1 Å². The Morgan fingerprint density at radius 2 is 1.33 bits per heavy atom. The molecule has 0 saturated carbocycles. The van der Waals surface area contributed by atoms with Crippen LogP contribution in [0.5, 0.6) is 0 Å². The van der Waals surface area contributed by atoms with Crippen LogP contribution in [0.15, 0.2) is 48.8 Å². The number of nitrogens with zero attached hydrogens (tertiary/aromatic N) is 2. The Hall–Kier alpha value is -2.18. The van der Waals surface area contributed by atoms with Gasteiger partial charge in [-0.15, -0.1) is 0 Å². The standard InChI is InChI=1S/C27H40N2O3S/c1-3-5-7-20-29(21-8-6-4-2)27-15-13-25(14-16-27)11-12-26-17-22-28(23-18-26)19-9-10-24-33(30,31)32/h11-18,22-23H,3-10,19-21,24H2,1-2H3/p+1. The van der Waals surface area contributed by atoms with Crippen molar-refractivity contribution in [3.05, 3.63) is 59.9 Å². The molecule has 6 heteroatoms. The maximum atomic E-state index is 10.8. The van der Waals surface area contributed by atoms with Crippen LogP contribution in [0.2, 0.25) is 0 Å². The van der Waals surface area contributed by atoms with Crippen molar-refractivity contribution in [1.82, 2.24) is 0 Å².